The number of anilines is 1. The molecule has 15 heavy (non-hydrogen) atoms. The highest BCUT2D eigenvalue weighted by Crippen LogP contribution is 2.39. The van der Waals surface area contributed by atoms with Gasteiger partial charge < -0.3 is 15.8 Å². The first-order chi connectivity index (χ1) is 7.25. The van der Waals surface area contributed by atoms with Crippen LogP contribution in [-0.4, -0.2) is 22.1 Å². The molecule has 0 saturated heterocycles. The van der Waals surface area contributed by atoms with Gasteiger partial charge in [0.05, 0.1) is 0 Å². The standard InChI is InChI=1S/C9H8N4O2/c10-8-7-6(11-3-12-8)4-1-2-5(14)13-9(4)15-7/h1,3,9H,2H2,(H,13,14)(H2,10,11,12). The van der Waals surface area contributed by atoms with Gasteiger partial charge in [-0.3, -0.25) is 4.79 Å². The van der Waals surface area contributed by atoms with Crippen LogP contribution in [0.1, 0.15) is 12.1 Å². The molecule has 0 radical (unpaired) electrons. The van der Waals surface area contributed by atoms with Crippen molar-refractivity contribution in [2.75, 3.05) is 5.73 Å². The van der Waals surface area contributed by atoms with Crippen molar-refractivity contribution >= 4 is 17.3 Å². The number of carbonyl (C=O) groups excluding carboxylic acids is 1. The fourth-order valence-electron chi connectivity index (χ4n) is 1.73. The van der Waals surface area contributed by atoms with Gasteiger partial charge >= 0.3 is 0 Å². The fraction of sp³-hybridized carbons (Fsp3) is 0.222. The van der Waals surface area contributed by atoms with E-state index in [0.717, 1.165) is 5.57 Å². The maximum Gasteiger partial charge on any atom is 0.226 e. The second-order valence-corrected chi connectivity index (χ2v) is 3.37. The van der Waals surface area contributed by atoms with Crippen molar-refractivity contribution in [2.24, 2.45) is 0 Å². The Hall–Kier alpha value is -2.11. The molecule has 0 bridgehead atoms. The summed E-state index contributed by atoms with van der Waals surface area (Å²) < 4.78 is 5.46. The molecule has 0 spiro atoms. The van der Waals surface area contributed by atoms with Gasteiger partial charge in [-0.1, -0.05) is 6.08 Å². The molecule has 6 nitrogen and oxygen atoms in total. The second-order valence-electron chi connectivity index (χ2n) is 3.37. The van der Waals surface area contributed by atoms with Crippen LogP contribution in [0.15, 0.2) is 12.4 Å². The number of carbonyl (C=O) groups is 1. The number of ether oxygens (including phenoxy) is 1. The normalized spacial score (nSPS) is 22.3. The number of hydrogen-bond acceptors (Lipinski definition) is 5. The van der Waals surface area contributed by atoms with Crippen LogP contribution in [0.2, 0.25) is 0 Å². The molecule has 1 amide bonds. The van der Waals surface area contributed by atoms with Gasteiger partial charge in [-0.15, -0.1) is 0 Å². The van der Waals surface area contributed by atoms with E-state index in [2.05, 4.69) is 15.3 Å². The Morgan fingerprint density at radius 3 is 3.27 bits per heavy atom. The van der Waals surface area contributed by atoms with Crippen molar-refractivity contribution < 1.29 is 9.53 Å². The van der Waals surface area contributed by atoms with Crippen molar-refractivity contribution in [3.8, 4) is 5.75 Å². The first-order valence-corrected chi connectivity index (χ1v) is 4.52. The molecular formula is C9H8N4O2. The SMILES string of the molecule is Nc1ncnc2c1OC1NC(=O)CC=C21. The number of nitrogens with zero attached hydrogens (tertiary/aromatic N) is 2. The Bertz CT molecular complexity index is 483. The first kappa shape index (κ1) is 8.22. The molecule has 0 fully saturated rings. The second kappa shape index (κ2) is 2.69. The van der Waals surface area contributed by atoms with E-state index in [-0.39, 0.29) is 5.91 Å². The van der Waals surface area contributed by atoms with E-state index >= 15 is 0 Å². The van der Waals surface area contributed by atoms with Crippen LogP contribution < -0.4 is 15.8 Å². The number of fused-ring (bicyclic) bond motifs is 3. The van der Waals surface area contributed by atoms with E-state index < -0.39 is 6.23 Å². The van der Waals surface area contributed by atoms with Crippen LogP contribution in [0.5, 0.6) is 5.75 Å². The average Bonchev–Trinajstić information content (AvgIpc) is 2.57. The zero-order valence-electron chi connectivity index (χ0n) is 7.73. The summed E-state index contributed by atoms with van der Waals surface area (Å²) in [5.74, 6) is 0.684. The van der Waals surface area contributed by atoms with Gasteiger partial charge in [0.15, 0.2) is 11.6 Å². The minimum absolute atomic E-state index is 0.0666. The van der Waals surface area contributed by atoms with Crippen molar-refractivity contribution in [3.63, 3.8) is 0 Å². The average molecular weight is 204 g/mol. The molecule has 2 aliphatic heterocycles. The summed E-state index contributed by atoms with van der Waals surface area (Å²) >= 11 is 0. The van der Waals surface area contributed by atoms with Crippen molar-refractivity contribution in [1.29, 1.82) is 0 Å². The van der Waals surface area contributed by atoms with Crippen LogP contribution in [0.3, 0.4) is 0 Å². The van der Waals surface area contributed by atoms with Gasteiger partial charge in [-0.25, -0.2) is 9.97 Å². The lowest BCUT2D eigenvalue weighted by atomic mass is 10.1. The Balaban J connectivity index is 2.13. The summed E-state index contributed by atoms with van der Waals surface area (Å²) in [7, 11) is 0. The fourth-order valence-corrected chi connectivity index (χ4v) is 1.73. The third-order valence-electron chi connectivity index (χ3n) is 2.42. The van der Waals surface area contributed by atoms with Gasteiger partial charge in [0.25, 0.3) is 0 Å². The Morgan fingerprint density at radius 1 is 1.53 bits per heavy atom. The van der Waals surface area contributed by atoms with E-state index in [1.165, 1.54) is 6.33 Å². The zero-order chi connectivity index (χ0) is 10.4. The minimum atomic E-state index is -0.458. The van der Waals surface area contributed by atoms with Crippen LogP contribution in [0, 0.1) is 0 Å². The molecule has 3 heterocycles. The van der Waals surface area contributed by atoms with E-state index in [4.69, 9.17) is 10.5 Å². The summed E-state index contributed by atoms with van der Waals surface area (Å²) in [4.78, 5) is 19.1. The molecule has 0 saturated carbocycles. The Labute approximate surface area is 85.2 Å². The predicted octanol–water partition coefficient (Wildman–Crippen LogP) is -0.319. The van der Waals surface area contributed by atoms with E-state index in [1.807, 2.05) is 6.08 Å². The summed E-state index contributed by atoms with van der Waals surface area (Å²) in [6.07, 6.45) is 3.08. The van der Waals surface area contributed by atoms with Crippen LogP contribution in [0.4, 0.5) is 5.82 Å². The number of nitrogens with two attached hydrogens (primary N) is 1. The Kier molecular flexibility index (Phi) is 1.47. The zero-order valence-corrected chi connectivity index (χ0v) is 7.73. The van der Waals surface area contributed by atoms with Gasteiger partial charge in [0.1, 0.15) is 12.0 Å². The maximum atomic E-state index is 11.1. The number of rotatable bonds is 0. The lowest BCUT2D eigenvalue weighted by molar-refractivity contribution is -0.122. The maximum absolute atomic E-state index is 11.1. The molecule has 2 aliphatic rings. The molecule has 1 aromatic rings. The summed E-state index contributed by atoms with van der Waals surface area (Å²) in [5, 5.41) is 2.70. The number of hydrogen-bond donors (Lipinski definition) is 2. The number of nitrogen functional groups attached to an aromatic ring is 1. The smallest absolute Gasteiger partial charge is 0.226 e. The lowest BCUT2D eigenvalue weighted by Crippen LogP contribution is -2.39. The molecule has 76 valence electrons. The van der Waals surface area contributed by atoms with Gasteiger partial charge in [0.2, 0.25) is 12.1 Å². The number of aromatic nitrogens is 2. The first-order valence-electron chi connectivity index (χ1n) is 4.52. The van der Waals surface area contributed by atoms with E-state index in [1.54, 1.807) is 0 Å². The largest absolute Gasteiger partial charge is 0.460 e. The van der Waals surface area contributed by atoms with Crippen molar-refractivity contribution in [2.45, 2.75) is 12.6 Å². The third kappa shape index (κ3) is 1.08. The molecule has 3 N–H and O–H groups in total. The third-order valence-corrected chi connectivity index (χ3v) is 2.42. The van der Waals surface area contributed by atoms with Crippen molar-refractivity contribution in [1.82, 2.24) is 15.3 Å². The van der Waals surface area contributed by atoms with Crippen LogP contribution >= 0.6 is 0 Å². The topological polar surface area (TPSA) is 90.1 Å². The van der Waals surface area contributed by atoms with Gasteiger partial charge in [0, 0.05) is 12.0 Å². The summed E-state index contributed by atoms with van der Waals surface area (Å²) in [5.41, 5.74) is 7.18. The molecule has 3 rings (SSSR count). The summed E-state index contributed by atoms with van der Waals surface area (Å²) in [6, 6.07) is 0. The number of amides is 1. The molecule has 1 aromatic heterocycles. The van der Waals surface area contributed by atoms with Gasteiger partial charge in [-0.05, 0) is 0 Å². The molecule has 1 unspecified atom stereocenters. The Morgan fingerprint density at radius 2 is 2.40 bits per heavy atom. The lowest BCUT2D eigenvalue weighted by Gasteiger charge is -2.17. The molecule has 0 aromatic carbocycles. The highest BCUT2D eigenvalue weighted by Gasteiger charge is 2.35. The van der Waals surface area contributed by atoms with E-state index in [9.17, 15) is 4.79 Å². The minimum Gasteiger partial charge on any atom is -0.460 e. The monoisotopic (exact) mass is 204 g/mol. The molecule has 6 heteroatoms. The molecule has 1 atom stereocenters. The quantitative estimate of drug-likeness (QED) is 0.604. The van der Waals surface area contributed by atoms with Crippen molar-refractivity contribution in [3.05, 3.63) is 18.1 Å². The predicted molar refractivity (Wildman–Crippen MR) is 51.6 cm³/mol. The molecular weight excluding hydrogens is 196 g/mol. The van der Waals surface area contributed by atoms with Gasteiger partial charge in [-0.2, -0.15) is 0 Å². The molecule has 0 aliphatic carbocycles. The summed E-state index contributed by atoms with van der Waals surface area (Å²) in [6.45, 7) is 0. The van der Waals surface area contributed by atoms with E-state index in [0.29, 0.717) is 23.7 Å². The van der Waals surface area contributed by atoms with Crippen LogP contribution in [-0.2, 0) is 4.79 Å². The van der Waals surface area contributed by atoms with Crippen LogP contribution in [0.25, 0.3) is 5.57 Å². The number of nitrogens with one attached hydrogen (secondary N) is 1. The highest BCUT2D eigenvalue weighted by molar-refractivity contribution is 5.89. The highest BCUT2D eigenvalue weighted by atomic mass is 16.5.